The molecule has 1 amide bonds. The van der Waals surface area contributed by atoms with Crippen molar-refractivity contribution in [3.63, 3.8) is 0 Å². The quantitative estimate of drug-likeness (QED) is 0.211. The Morgan fingerprint density at radius 3 is 2.21 bits per heavy atom. The third-order valence-corrected chi connectivity index (χ3v) is 5.34. The lowest BCUT2D eigenvalue weighted by Gasteiger charge is -2.29. The second-order valence-corrected chi connectivity index (χ2v) is 9.79. The Balaban J connectivity index is 4.33. The van der Waals surface area contributed by atoms with E-state index < -0.39 is 20.0 Å². The van der Waals surface area contributed by atoms with Crippen molar-refractivity contribution in [2.24, 2.45) is 0 Å². The third kappa shape index (κ3) is 16.5. The van der Waals surface area contributed by atoms with Crippen molar-refractivity contribution in [1.82, 2.24) is 5.32 Å². The van der Waals surface area contributed by atoms with Crippen LogP contribution in [-0.4, -0.2) is 68.5 Å². The molecule has 28 heavy (non-hydrogen) atoms. The van der Waals surface area contributed by atoms with E-state index in [0.717, 1.165) is 19.3 Å². The number of aliphatic hydroxyl groups excluding tert-OH is 1. The van der Waals surface area contributed by atoms with Crippen LogP contribution in [0, 0.1) is 0 Å². The van der Waals surface area contributed by atoms with Crippen molar-refractivity contribution in [1.29, 1.82) is 0 Å². The molecule has 0 saturated heterocycles. The first-order chi connectivity index (χ1) is 13.0. The van der Waals surface area contributed by atoms with Gasteiger partial charge in [-0.05, 0) is 6.42 Å². The number of phosphoric acid groups is 1. The topological polar surface area (TPSA) is 108 Å². The molecule has 0 aromatic carbocycles. The molecule has 0 radical (unpaired) electrons. The second-order valence-electron chi connectivity index (χ2n) is 8.37. The molecule has 0 heterocycles. The predicted octanol–water partition coefficient (Wildman–Crippen LogP) is 2.20. The fraction of sp³-hybridized carbons (Fsp3) is 0.947. The Bertz CT molecular complexity index is 470. The molecule has 0 aliphatic heterocycles. The van der Waals surface area contributed by atoms with Crippen LogP contribution in [0.25, 0.3) is 0 Å². The van der Waals surface area contributed by atoms with Crippen LogP contribution in [0.2, 0.25) is 0 Å². The SMILES string of the molecule is CCCCCCCCCC(O)C(COP(=O)([O-])OCC[N+](C)(C)C)NC(C)=O. The molecule has 0 aromatic rings. The van der Waals surface area contributed by atoms with Crippen molar-refractivity contribution < 1.29 is 32.9 Å². The van der Waals surface area contributed by atoms with E-state index in [2.05, 4.69) is 12.2 Å². The minimum atomic E-state index is -4.49. The zero-order valence-corrected chi connectivity index (χ0v) is 19.2. The van der Waals surface area contributed by atoms with E-state index in [1.54, 1.807) is 0 Å². The van der Waals surface area contributed by atoms with Crippen molar-refractivity contribution in [2.75, 3.05) is 40.9 Å². The number of amides is 1. The van der Waals surface area contributed by atoms with E-state index in [-0.39, 0.29) is 19.1 Å². The lowest BCUT2D eigenvalue weighted by Crippen LogP contribution is -2.45. The first-order valence-corrected chi connectivity index (χ1v) is 11.8. The summed E-state index contributed by atoms with van der Waals surface area (Å²) in [5.74, 6) is -0.348. The van der Waals surface area contributed by atoms with Gasteiger partial charge >= 0.3 is 0 Å². The molecular formula is C19H41N2O6P. The smallest absolute Gasteiger partial charge is 0.268 e. The first-order valence-electron chi connectivity index (χ1n) is 10.3. The summed E-state index contributed by atoms with van der Waals surface area (Å²) in [6.45, 7) is 3.67. The Kier molecular flexibility index (Phi) is 14.2. The number of phosphoric ester groups is 1. The predicted molar refractivity (Wildman–Crippen MR) is 109 cm³/mol. The van der Waals surface area contributed by atoms with Crippen LogP contribution < -0.4 is 10.2 Å². The fourth-order valence-corrected chi connectivity index (χ4v) is 3.38. The number of nitrogens with zero attached hydrogens (tertiary/aromatic N) is 1. The van der Waals surface area contributed by atoms with E-state index in [1.165, 1.54) is 32.6 Å². The summed E-state index contributed by atoms with van der Waals surface area (Å²) in [7, 11) is 1.29. The number of aliphatic hydroxyl groups is 1. The molecule has 8 nitrogen and oxygen atoms in total. The highest BCUT2D eigenvalue weighted by molar-refractivity contribution is 7.45. The first kappa shape index (κ1) is 27.5. The van der Waals surface area contributed by atoms with Crippen LogP contribution in [0.1, 0.15) is 65.2 Å². The van der Waals surface area contributed by atoms with Crippen LogP contribution in [0.4, 0.5) is 0 Å². The number of likely N-dealkylation sites (N-methyl/N-ethyl adjacent to an activating group) is 1. The van der Waals surface area contributed by atoms with E-state index in [0.29, 0.717) is 17.4 Å². The molecule has 168 valence electrons. The summed E-state index contributed by atoms with van der Waals surface area (Å²) in [4.78, 5) is 23.3. The molecule has 0 bridgehead atoms. The van der Waals surface area contributed by atoms with Crippen molar-refractivity contribution in [3.8, 4) is 0 Å². The van der Waals surface area contributed by atoms with Gasteiger partial charge in [0, 0.05) is 6.92 Å². The average molecular weight is 425 g/mol. The molecule has 0 fully saturated rings. The van der Waals surface area contributed by atoms with Crippen molar-refractivity contribution >= 4 is 13.7 Å². The number of hydrogen-bond donors (Lipinski definition) is 2. The van der Waals surface area contributed by atoms with Gasteiger partial charge in [-0.25, -0.2) is 0 Å². The molecule has 2 N–H and O–H groups in total. The number of carbonyl (C=O) groups excluding carboxylic acids is 1. The molecular weight excluding hydrogens is 383 g/mol. The van der Waals surface area contributed by atoms with Gasteiger partial charge in [0.05, 0.1) is 39.9 Å². The van der Waals surface area contributed by atoms with Gasteiger partial charge in [-0.2, -0.15) is 0 Å². The monoisotopic (exact) mass is 424 g/mol. The van der Waals surface area contributed by atoms with Gasteiger partial charge in [-0.1, -0.05) is 51.9 Å². The summed E-state index contributed by atoms with van der Waals surface area (Å²) in [6.07, 6.45) is 7.42. The Morgan fingerprint density at radius 2 is 1.68 bits per heavy atom. The van der Waals surface area contributed by atoms with Gasteiger partial charge in [-0.3, -0.25) is 9.36 Å². The molecule has 0 saturated carbocycles. The van der Waals surface area contributed by atoms with Gasteiger partial charge in [0.15, 0.2) is 0 Å². The lowest BCUT2D eigenvalue weighted by molar-refractivity contribution is -0.870. The van der Waals surface area contributed by atoms with E-state index in [1.807, 2.05) is 21.1 Å². The van der Waals surface area contributed by atoms with E-state index >= 15 is 0 Å². The Morgan fingerprint density at radius 1 is 1.11 bits per heavy atom. The molecule has 9 heteroatoms. The standard InChI is InChI=1S/C19H41N2O6P/c1-6-7-8-9-10-11-12-13-19(23)18(20-17(2)22)16-27-28(24,25)26-15-14-21(3,4)5/h18-19,23H,6-16H2,1-5H3,(H-,20,22,24,25). The minimum Gasteiger partial charge on any atom is -0.756 e. The largest absolute Gasteiger partial charge is 0.756 e. The Labute approximate surface area is 170 Å². The van der Waals surface area contributed by atoms with Crippen LogP contribution in [0.5, 0.6) is 0 Å². The van der Waals surface area contributed by atoms with Gasteiger partial charge in [-0.15, -0.1) is 0 Å². The van der Waals surface area contributed by atoms with Gasteiger partial charge in [0.2, 0.25) is 5.91 Å². The highest BCUT2D eigenvalue weighted by atomic mass is 31.2. The highest BCUT2D eigenvalue weighted by Crippen LogP contribution is 2.38. The van der Waals surface area contributed by atoms with Crippen LogP contribution in [-0.2, 0) is 18.4 Å². The number of nitrogens with one attached hydrogen (secondary N) is 1. The second kappa shape index (κ2) is 14.5. The molecule has 3 unspecified atom stereocenters. The summed E-state index contributed by atoms with van der Waals surface area (Å²) in [6, 6.07) is -0.790. The summed E-state index contributed by atoms with van der Waals surface area (Å²) in [5.41, 5.74) is 0. The number of hydrogen-bond acceptors (Lipinski definition) is 6. The molecule has 0 aliphatic rings. The number of quaternary nitrogens is 1. The number of carbonyl (C=O) groups is 1. The number of rotatable bonds is 17. The summed E-state index contributed by atoms with van der Waals surface area (Å²) < 4.78 is 22.2. The maximum absolute atomic E-state index is 11.9. The lowest BCUT2D eigenvalue weighted by atomic mass is 10.0. The van der Waals surface area contributed by atoms with Gasteiger partial charge in [0.25, 0.3) is 7.82 Å². The minimum absolute atomic E-state index is 0.00959. The third-order valence-electron chi connectivity index (χ3n) is 4.38. The molecule has 0 aliphatic carbocycles. The highest BCUT2D eigenvalue weighted by Gasteiger charge is 2.23. The normalized spacial score (nSPS) is 16.4. The molecule has 3 atom stereocenters. The van der Waals surface area contributed by atoms with Gasteiger partial charge in [0.1, 0.15) is 13.2 Å². The van der Waals surface area contributed by atoms with Crippen molar-refractivity contribution in [2.45, 2.75) is 77.4 Å². The molecule has 0 aromatic heterocycles. The molecule has 0 spiro atoms. The van der Waals surface area contributed by atoms with Crippen molar-refractivity contribution in [3.05, 3.63) is 0 Å². The zero-order valence-electron chi connectivity index (χ0n) is 18.3. The Hall–Kier alpha value is -0.500. The summed E-state index contributed by atoms with van der Waals surface area (Å²) >= 11 is 0. The number of unbranched alkanes of at least 4 members (excludes halogenated alkanes) is 6. The molecule has 0 rings (SSSR count). The van der Waals surface area contributed by atoms with Crippen LogP contribution in [0.15, 0.2) is 0 Å². The maximum Gasteiger partial charge on any atom is 0.268 e. The zero-order chi connectivity index (χ0) is 21.6. The van der Waals surface area contributed by atoms with E-state index in [9.17, 15) is 19.4 Å². The maximum atomic E-state index is 11.9. The van der Waals surface area contributed by atoms with E-state index in [4.69, 9.17) is 9.05 Å². The van der Waals surface area contributed by atoms with Gasteiger partial charge < -0.3 is 28.8 Å². The van der Waals surface area contributed by atoms with Crippen LogP contribution in [0.3, 0.4) is 0 Å². The fourth-order valence-electron chi connectivity index (χ4n) is 2.66. The van der Waals surface area contributed by atoms with Crippen LogP contribution >= 0.6 is 7.82 Å². The average Bonchev–Trinajstić information content (AvgIpc) is 2.56. The summed E-state index contributed by atoms with van der Waals surface area (Å²) in [5, 5.41) is 12.9.